The van der Waals surface area contributed by atoms with E-state index in [0.717, 1.165) is 24.3 Å². The van der Waals surface area contributed by atoms with Gasteiger partial charge in [0, 0.05) is 0 Å². The van der Waals surface area contributed by atoms with Crippen LogP contribution in [0.2, 0.25) is 0 Å². The van der Waals surface area contributed by atoms with Crippen molar-refractivity contribution in [3.05, 3.63) is 35.4 Å². The third kappa shape index (κ3) is 6.31. The Morgan fingerprint density at radius 3 is 2.08 bits per heavy atom. The standard InChI is InChI=1S/C21H30F4/c1-2-3-4-5-6-7-16-8-10-17(11-9-16)18-12-14-19(15-13-18)20(22)21(23,24)25/h12-17,20H,2-11H2,1H3. The largest absolute Gasteiger partial charge is 0.423 e. The summed E-state index contributed by atoms with van der Waals surface area (Å²) < 4.78 is 50.6. The van der Waals surface area contributed by atoms with Crippen molar-refractivity contribution >= 4 is 0 Å². The van der Waals surface area contributed by atoms with Crippen molar-refractivity contribution in [2.75, 3.05) is 0 Å². The first-order chi connectivity index (χ1) is 11.9. The summed E-state index contributed by atoms with van der Waals surface area (Å²) in [5.74, 6) is 1.21. The minimum absolute atomic E-state index is 0.294. The predicted molar refractivity (Wildman–Crippen MR) is 94.4 cm³/mol. The molecule has 0 aliphatic heterocycles. The summed E-state index contributed by atoms with van der Waals surface area (Å²) in [6.45, 7) is 2.23. The van der Waals surface area contributed by atoms with E-state index in [-0.39, 0.29) is 5.56 Å². The van der Waals surface area contributed by atoms with Crippen molar-refractivity contribution in [3.63, 3.8) is 0 Å². The molecule has 1 aromatic rings. The molecule has 0 nitrogen and oxygen atoms in total. The molecule has 0 heterocycles. The highest BCUT2D eigenvalue weighted by atomic mass is 19.4. The van der Waals surface area contributed by atoms with Crippen LogP contribution in [0.5, 0.6) is 0 Å². The van der Waals surface area contributed by atoms with Crippen LogP contribution in [0.15, 0.2) is 24.3 Å². The third-order valence-electron chi connectivity index (χ3n) is 5.55. The van der Waals surface area contributed by atoms with Gasteiger partial charge in [0.05, 0.1) is 0 Å². The maximum absolute atomic E-state index is 13.3. The summed E-state index contributed by atoms with van der Waals surface area (Å²) in [4.78, 5) is 0. The lowest BCUT2D eigenvalue weighted by atomic mass is 9.77. The Hall–Kier alpha value is -1.06. The van der Waals surface area contributed by atoms with Gasteiger partial charge in [-0.1, -0.05) is 69.7 Å². The van der Waals surface area contributed by atoms with Gasteiger partial charge in [0.1, 0.15) is 0 Å². The molecule has 0 spiro atoms. The van der Waals surface area contributed by atoms with Gasteiger partial charge >= 0.3 is 6.18 Å². The second kappa shape index (κ2) is 9.59. The second-order valence-electron chi connectivity index (χ2n) is 7.49. The fourth-order valence-electron chi connectivity index (χ4n) is 3.95. The lowest BCUT2D eigenvalue weighted by Gasteiger charge is -2.29. The van der Waals surface area contributed by atoms with Crippen molar-refractivity contribution in [2.45, 2.75) is 89.4 Å². The first-order valence-electron chi connectivity index (χ1n) is 9.72. The lowest BCUT2D eigenvalue weighted by molar-refractivity contribution is -0.182. The van der Waals surface area contributed by atoms with Gasteiger partial charge in [-0.05, 0) is 48.6 Å². The highest BCUT2D eigenvalue weighted by Crippen LogP contribution is 2.40. The zero-order valence-electron chi connectivity index (χ0n) is 15.1. The van der Waals surface area contributed by atoms with Gasteiger partial charge in [0.25, 0.3) is 0 Å². The molecule has 0 aromatic heterocycles. The molecule has 1 atom stereocenters. The minimum atomic E-state index is -4.82. The Balaban J connectivity index is 1.77. The molecule has 1 fully saturated rings. The number of unbranched alkanes of at least 4 members (excludes halogenated alkanes) is 4. The second-order valence-corrected chi connectivity index (χ2v) is 7.49. The minimum Gasteiger partial charge on any atom is -0.232 e. The quantitative estimate of drug-likeness (QED) is 0.327. The fraction of sp³-hybridized carbons (Fsp3) is 0.714. The van der Waals surface area contributed by atoms with Gasteiger partial charge in [-0.15, -0.1) is 0 Å². The molecule has 25 heavy (non-hydrogen) atoms. The highest BCUT2D eigenvalue weighted by Gasteiger charge is 2.41. The molecule has 142 valence electrons. The van der Waals surface area contributed by atoms with Gasteiger partial charge in [-0.3, -0.25) is 0 Å². The molecule has 1 aliphatic carbocycles. The van der Waals surface area contributed by atoms with Crippen molar-refractivity contribution < 1.29 is 17.6 Å². The summed E-state index contributed by atoms with van der Waals surface area (Å²) in [5, 5.41) is 0. The average Bonchev–Trinajstić information content (AvgIpc) is 2.61. The van der Waals surface area contributed by atoms with E-state index in [1.807, 2.05) is 0 Å². The maximum Gasteiger partial charge on any atom is 0.423 e. The van der Waals surface area contributed by atoms with E-state index in [1.54, 1.807) is 12.1 Å². The zero-order chi connectivity index (χ0) is 18.3. The molecule has 1 unspecified atom stereocenters. The van der Waals surface area contributed by atoms with E-state index in [2.05, 4.69) is 6.92 Å². The molecule has 0 saturated heterocycles. The number of rotatable bonds is 8. The van der Waals surface area contributed by atoms with Crippen molar-refractivity contribution in [1.82, 2.24) is 0 Å². The smallest absolute Gasteiger partial charge is 0.232 e. The summed E-state index contributed by atoms with van der Waals surface area (Å²) in [6.07, 6.45) is 4.79. The van der Waals surface area contributed by atoms with Crippen molar-refractivity contribution in [3.8, 4) is 0 Å². The Morgan fingerprint density at radius 2 is 1.52 bits per heavy atom. The molecular formula is C21H30F4. The molecule has 0 bridgehead atoms. The Bertz CT molecular complexity index is 484. The van der Waals surface area contributed by atoms with E-state index >= 15 is 0 Å². The number of benzene rings is 1. The van der Waals surface area contributed by atoms with E-state index in [9.17, 15) is 17.6 Å². The zero-order valence-corrected chi connectivity index (χ0v) is 15.1. The van der Waals surface area contributed by atoms with Crippen LogP contribution in [-0.4, -0.2) is 6.18 Å². The van der Waals surface area contributed by atoms with Crippen molar-refractivity contribution in [1.29, 1.82) is 0 Å². The molecule has 2 rings (SSSR count). The third-order valence-corrected chi connectivity index (χ3v) is 5.55. The van der Waals surface area contributed by atoms with Crippen LogP contribution in [0, 0.1) is 5.92 Å². The Kier molecular flexibility index (Phi) is 7.77. The van der Waals surface area contributed by atoms with E-state index < -0.39 is 12.3 Å². The molecular weight excluding hydrogens is 328 g/mol. The van der Waals surface area contributed by atoms with Crippen LogP contribution >= 0.6 is 0 Å². The lowest BCUT2D eigenvalue weighted by Crippen LogP contribution is -2.17. The van der Waals surface area contributed by atoms with Gasteiger partial charge in [-0.25, -0.2) is 4.39 Å². The number of hydrogen-bond donors (Lipinski definition) is 0. The summed E-state index contributed by atoms with van der Waals surface area (Å²) in [7, 11) is 0. The normalized spacial score (nSPS) is 22.8. The van der Waals surface area contributed by atoms with Crippen LogP contribution in [0.3, 0.4) is 0 Å². The summed E-state index contributed by atoms with van der Waals surface area (Å²) in [5.41, 5.74) is 0.761. The molecule has 0 amide bonds. The maximum atomic E-state index is 13.3. The molecule has 0 radical (unpaired) electrons. The number of halogens is 4. The Morgan fingerprint density at radius 1 is 0.920 bits per heavy atom. The first-order valence-corrected chi connectivity index (χ1v) is 9.72. The van der Waals surface area contributed by atoms with E-state index in [1.165, 1.54) is 63.5 Å². The van der Waals surface area contributed by atoms with Gasteiger partial charge in [0.15, 0.2) is 0 Å². The Labute approximate surface area is 149 Å². The SMILES string of the molecule is CCCCCCCC1CCC(c2ccc(C(F)C(F)(F)F)cc2)CC1. The topological polar surface area (TPSA) is 0 Å². The molecule has 4 heteroatoms. The van der Waals surface area contributed by atoms with Crippen LogP contribution < -0.4 is 0 Å². The van der Waals surface area contributed by atoms with Gasteiger partial charge in [0.2, 0.25) is 6.17 Å². The van der Waals surface area contributed by atoms with Crippen molar-refractivity contribution in [2.24, 2.45) is 5.92 Å². The summed E-state index contributed by atoms with van der Waals surface area (Å²) in [6, 6.07) is 5.97. The molecule has 0 N–H and O–H groups in total. The summed E-state index contributed by atoms with van der Waals surface area (Å²) >= 11 is 0. The molecule has 1 saturated carbocycles. The first kappa shape index (κ1) is 20.3. The van der Waals surface area contributed by atoms with E-state index in [0.29, 0.717) is 5.92 Å². The molecule has 1 aromatic carbocycles. The fourth-order valence-corrected chi connectivity index (χ4v) is 3.95. The predicted octanol–water partition coefficient (Wildman–Crippen LogP) is 7.89. The average molecular weight is 358 g/mol. The van der Waals surface area contributed by atoms with Crippen LogP contribution in [-0.2, 0) is 0 Å². The van der Waals surface area contributed by atoms with Gasteiger partial charge in [-0.2, -0.15) is 13.2 Å². The monoisotopic (exact) mass is 358 g/mol. The van der Waals surface area contributed by atoms with Gasteiger partial charge < -0.3 is 0 Å². The highest BCUT2D eigenvalue weighted by molar-refractivity contribution is 5.27. The molecule has 1 aliphatic rings. The number of hydrogen-bond acceptors (Lipinski definition) is 0. The van der Waals surface area contributed by atoms with Crippen LogP contribution in [0.4, 0.5) is 17.6 Å². The van der Waals surface area contributed by atoms with Crippen LogP contribution in [0.1, 0.15) is 94.3 Å². The number of alkyl halides is 4. The van der Waals surface area contributed by atoms with E-state index in [4.69, 9.17) is 0 Å². The van der Waals surface area contributed by atoms with Crippen LogP contribution in [0.25, 0.3) is 0 Å².